The van der Waals surface area contributed by atoms with Crippen LogP contribution >= 0.6 is 11.6 Å². The van der Waals surface area contributed by atoms with Crippen molar-refractivity contribution in [3.63, 3.8) is 0 Å². The maximum Gasteiger partial charge on any atom is 0.133 e. The maximum atomic E-state index is 13.8. The minimum Gasteiger partial charge on any atom is -0.328 e. The van der Waals surface area contributed by atoms with Gasteiger partial charge in [0.1, 0.15) is 11.6 Å². The zero-order valence-electron chi connectivity index (χ0n) is 11.5. The predicted octanol–water partition coefficient (Wildman–Crippen LogP) is 3.06. The Balaban J connectivity index is 2.31. The lowest BCUT2D eigenvalue weighted by Gasteiger charge is -2.09. The van der Waals surface area contributed by atoms with Gasteiger partial charge in [0.15, 0.2) is 0 Å². The molecule has 0 aliphatic carbocycles. The molecular weight excluding hydrogens is 277 g/mol. The van der Waals surface area contributed by atoms with E-state index in [1.807, 2.05) is 19.9 Å². The average molecular weight is 294 g/mol. The number of nitrogens with two attached hydrogens (primary N) is 1. The van der Waals surface area contributed by atoms with Gasteiger partial charge in [-0.1, -0.05) is 17.7 Å². The Labute approximate surface area is 123 Å². The van der Waals surface area contributed by atoms with Crippen LogP contribution in [0.25, 0.3) is 0 Å². The lowest BCUT2D eigenvalue weighted by atomic mass is 10.1. The highest BCUT2D eigenvalue weighted by Gasteiger charge is 2.11. The normalized spacial score (nSPS) is 12.4. The molecule has 0 saturated heterocycles. The monoisotopic (exact) mass is 293 g/mol. The molecule has 0 aliphatic heterocycles. The second-order valence-electron chi connectivity index (χ2n) is 4.98. The van der Waals surface area contributed by atoms with Gasteiger partial charge in [0.05, 0.1) is 0 Å². The van der Waals surface area contributed by atoms with Crippen molar-refractivity contribution in [2.45, 2.75) is 32.7 Å². The number of aryl methyl sites for hydroxylation is 1. The molecule has 2 aromatic rings. The van der Waals surface area contributed by atoms with E-state index in [2.05, 4.69) is 9.97 Å². The number of halogens is 2. The fourth-order valence-electron chi connectivity index (χ4n) is 2.07. The van der Waals surface area contributed by atoms with Crippen LogP contribution in [0.1, 0.15) is 29.7 Å². The molecule has 1 unspecified atom stereocenters. The van der Waals surface area contributed by atoms with Crippen molar-refractivity contribution in [3.05, 3.63) is 57.9 Å². The van der Waals surface area contributed by atoms with Gasteiger partial charge in [-0.15, -0.1) is 0 Å². The van der Waals surface area contributed by atoms with Gasteiger partial charge in [0.2, 0.25) is 0 Å². The van der Waals surface area contributed by atoms with E-state index in [9.17, 15) is 4.39 Å². The van der Waals surface area contributed by atoms with Crippen molar-refractivity contribution < 1.29 is 4.39 Å². The number of nitrogens with zero attached hydrogens (tertiary/aromatic N) is 2. The molecule has 3 nitrogen and oxygen atoms in total. The summed E-state index contributed by atoms with van der Waals surface area (Å²) >= 11 is 6.03. The van der Waals surface area contributed by atoms with Crippen LogP contribution in [-0.2, 0) is 12.8 Å². The molecule has 1 aromatic carbocycles. The summed E-state index contributed by atoms with van der Waals surface area (Å²) in [4.78, 5) is 8.78. The quantitative estimate of drug-likeness (QED) is 0.942. The maximum absolute atomic E-state index is 13.8. The van der Waals surface area contributed by atoms with Crippen LogP contribution in [0.15, 0.2) is 24.3 Å². The summed E-state index contributed by atoms with van der Waals surface area (Å²) in [6.45, 7) is 3.81. The van der Waals surface area contributed by atoms with Crippen LogP contribution in [0.2, 0.25) is 5.02 Å². The summed E-state index contributed by atoms with van der Waals surface area (Å²) in [7, 11) is 0. The Hall–Kier alpha value is -1.52. The Bertz CT molecular complexity index is 594. The van der Waals surface area contributed by atoms with Crippen molar-refractivity contribution in [3.8, 4) is 0 Å². The third kappa shape index (κ3) is 3.74. The number of benzene rings is 1. The molecule has 106 valence electrons. The van der Waals surface area contributed by atoms with Crippen LogP contribution < -0.4 is 5.73 Å². The van der Waals surface area contributed by atoms with Gasteiger partial charge in [0, 0.05) is 40.9 Å². The molecule has 0 bridgehead atoms. The lowest BCUT2D eigenvalue weighted by molar-refractivity contribution is 0.611. The highest BCUT2D eigenvalue weighted by atomic mass is 35.5. The molecule has 0 amide bonds. The zero-order chi connectivity index (χ0) is 14.7. The molecule has 0 fully saturated rings. The van der Waals surface area contributed by atoms with Crippen LogP contribution in [0.3, 0.4) is 0 Å². The topological polar surface area (TPSA) is 51.8 Å². The van der Waals surface area contributed by atoms with E-state index in [-0.39, 0.29) is 18.3 Å². The molecule has 2 N–H and O–H groups in total. The van der Waals surface area contributed by atoms with Gasteiger partial charge >= 0.3 is 0 Å². The largest absolute Gasteiger partial charge is 0.328 e. The van der Waals surface area contributed by atoms with E-state index in [1.165, 1.54) is 6.07 Å². The molecule has 0 saturated carbocycles. The van der Waals surface area contributed by atoms with Crippen LogP contribution in [0.4, 0.5) is 4.39 Å². The van der Waals surface area contributed by atoms with Crippen LogP contribution in [-0.4, -0.2) is 16.0 Å². The zero-order valence-corrected chi connectivity index (χ0v) is 12.3. The van der Waals surface area contributed by atoms with Crippen LogP contribution in [0, 0.1) is 12.7 Å². The first-order valence-electron chi connectivity index (χ1n) is 6.47. The minimum absolute atomic E-state index is 0.0224. The molecule has 2 rings (SSSR count). The number of rotatable bonds is 4. The average Bonchev–Trinajstić information content (AvgIpc) is 2.32. The third-order valence-electron chi connectivity index (χ3n) is 2.88. The summed E-state index contributed by atoms with van der Waals surface area (Å²) in [5, 5.41) is 0.392. The van der Waals surface area contributed by atoms with Crippen molar-refractivity contribution in [1.82, 2.24) is 9.97 Å². The third-order valence-corrected chi connectivity index (χ3v) is 3.24. The molecule has 1 atom stereocenters. The van der Waals surface area contributed by atoms with Gasteiger partial charge in [-0.3, -0.25) is 0 Å². The lowest BCUT2D eigenvalue weighted by Crippen LogP contribution is -2.19. The van der Waals surface area contributed by atoms with Gasteiger partial charge in [-0.25, -0.2) is 14.4 Å². The molecule has 0 aliphatic rings. The fraction of sp³-hybridized carbons (Fsp3) is 0.333. The second-order valence-corrected chi connectivity index (χ2v) is 5.38. The SMILES string of the molecule is Cc1cc(CC(C)N)nc(Cc2c(F)cccc2Cl)n1. The molecule has 20 heavy (non-hydrogen) atoms. The van der Waals surface area contributed by atoms with E-state index in [1.54, 1.807) is 12.1 Å². The van der Waals surface area contributed by atoms with Crippen molar-refractivity contribution >= 4 is 11.6 Å². The van der Waals surface area contributed by atoms with Crippen molar-refractivity contribution in [1.29, 1.82) is 0 Å². The molecule has 0 radical (unpaired) electrons. The van der Waals surface area contributed by atoms with E-state index in [4.69, 9.17) is 17.3 Å². The first-order valence-corrected chi connectivity index (χ1v) is 6.85. The van der Waals surface area contributed by atoms with Crippen LogP contribution in [0.5, 0.6) is 0 Å². The molecule has 1 heterocycles. The first-order chi connectivity index (χ1) is 9.45. The fourth-order valence-corrected chi connectivity index (χ4v) is 2.30. The standard InChI is InChI=1S/C15H17ClFN3/c1-9(18)6-11-7-10(2)19-15(20-11)8-12-13(16)4-3-5-14(12)17/h3-5,7,9H,6,8,18H2,1-2H3. The molecule has 0 spiro atoms. The van der Waals surface area contributed by atoms with E-state index in [0.717, 1.165) is 11.4 Å². The summed E-state index contributed by atoms with van der Waals surface area (Å²) in [5.41, 5.74) is 7.92. The number of aromatic nitrogens is 2. The van der Waals surface area contributed by atoms with E-state index >= 15 is 0 Å². The summed E-state index contributed by atoms with van der Waals surface area (Å²) in [5.74, 6) is 0.226. The number of hydrogen-bond acceptors (Lipinski definition) is 3. The highest BCUT2D eigenvalue weighted by Crippen LogP contribution is 2.21. The number of hydrogen-bond donors (Lipinski definition) is 1. The summed E-state index contributed by atoms with van der Waals surface area (Å²) in [6, 6.07) is 6.56. The highest BCUT2D eigenvalue weighted by molar-refractivity contribution is 6.31. The molecule has 1 aromatic heterocycles. The molecule has 5 heteroatoms. The Kier molecular flexibility index (Phi) is 4.68. The molecular formula is C15H17ClFN3. The Morgan fingerprint density at radius 2 is 2.10 bits per heavy atom. The van der Waals surface area contributed by atoms with Crippen molar-refractivity contribution in [2.75, 3.05) is 0 Å². The Morgan fingerprint density at radius 3 is 2.75 bits per heavy atom. The van der Waals surface area contributed by atoms with Gasteiger partial charge < -0.3 is 5.73 Å². The van der Waals surface area contributed by atoms with E-state index in [0.29, 0.717) is 22.8 Å². The van der Waals surface area contributed by atoms with Gasteiger partial charge in [-0.2, -0.15) is 0 Å². The predicted molar refractivity (Wildman–Crippen MR) is 78.3 cm³/mol. The van der Waals surface area contributed by atoms with Gasteiger partial charge in [-0.05, 0) is 32.0 Å². The van der Waals surface area contributed by atoms with Gasteiger partial charge in [0.25, 0.3) is 0 Å². The Morgan fingerprint density at radius 1 is 1.35 bits per heavy atom. The minimum atomic E-state index is -0.337. The summed E-state index contributed by atoms with van der Waals surface area (Å²) < 4.78 is 13.8. The smallest absolute Gasteiger partial charge is 0.133 e. The van der Waals surface area contributed by atoms with Crippen molar-refractivity contribution in [2.24, 2.45) is 5.73 Å². The summed E-state index contributed by atoms with van der Waals surface area (Å²) in [6.07, 6.45) is 0.945. The second kappa shape index (κ2) is 6.29. The van der Waals surface area contributed by atoms with E-state index < -0.39 is 0 Å². The first kappa shape index (κ1) is 14.9.